The van der Waals surface area contributed by atoms with Crippen LogP contribution in [0.3, 0.4) is 0 Å². The van der Waals surface area contributed by atoms with E-state index >= 15 is 0 Å². The number of aromatic nitrogens is 2. The third-order valence-corrected chi connectivity index (χ3v) is 12.8. The van der Waals surface area contributed by atoms with Gasteiger partial charge in [-0.1, -0.05) is 160 Å². The number of benzene rings is 8. The van der Waals surface area contributed by atoms with Crippen LogP contribution in [0.2, 0.25) is 0 Å². The van der Waals surface area contributed by atoms with Crippen molar-refractivity contribution in [3.05, 3.63) is 242 Å². The summed E-state index contributed by atoms with van der Waals surface area (Å²) in [7, 11) is 0. The average Bonchev–Trinajstić information content (AvgIpc) is 4.06. The summed E-state index contributed by atoms with van der Waals surface area (Å²) in [6, 6.07) is 47.3. The Bertz CT molecular complexity index is 3950. The third kappa shape index (κ3) is 7.47. The van der Waals surface area contributed by atoms with Gasteiger partial charge in [-0.3, -0.25) is 9.88 Å². The molecule has 2 aromatic heterocycles. The minimum Gasteiger partial charge on any atom is -0.321 e. The molecule has 0 amide bonds. The maximum absolute atomic E-state index is 9.21. The molecule has 0 unspecified atom stereocenters. The van der Waals surface area contributed by atoms with Gasteiger partial charge < -0.3 is 14.7 Å². The molecule has 2 aliphatic heterocycles. The Labute approximate surface area is 418 Å². The Morgan fingerprint density at radius 2 is 1.12 bits per heavy atom. The average molecular weight is 901 g/mol. The van der Waals surface area contributed by atoms with Crippen LogP contribution in [0.1, 0.15) is 40.0 Å². The van der Waals surface area contributed by atoms with Gasteiger partial charge >= 0.3 is 0 Å². The number of hydrogen-bond acceptors (Lipinski definition) is 6. The van der Waals surface area contributed by atoms with E-state index in [1.54, 1.807) is 24.4 Å². The number of nitrogens with zero attached hydrogens (tertiary/aromatic N) is 6. The zero-order chi connectivity index (χ0) is 55.2. The van der Waals surface area contributed by atoms with Crippen LogP contribution in [0.25, 0.3) is 44.5 Å². The molecule has 6 nitrogen and oxygen atoms in total. The van der Waals surface area contributed by atoms with Gasteiger partial charge in [-0.15, -0.1) is 0 Å². The van der Waals surface area contributed by atoms with Gasteiger partial charge in [0.15, 0.2) is 0 Å². The molecule has 0 saturated carbocycles. The van der Waals surface area contributed by atoms with Crippen LogP contribution < -0.4 is 19.6 Å². The highest BCUT2D eigenvalue weighted by Crippen LogP contribution is 2.54. The van der Waals surface area contributed by atoms with E-state index in [1.807, 2.05) is 90.1 Å². The van der Waals surface area contributed by atoms with Gasteiger partial charge in [-0.25, -0.2) is 4.98 Å². The summed E-state index contributed by atoms with van der Waals surface area (Å²) in [6.07, 6.45) is 5.55. The molecule has 0 bridgehead atoms. The first-order chi connectivity index (χ1) is 38.0. The van der Waals surface area contributed by atoms with Gasteiger partial charge in [-0.2, -0.15) is 0 Å². The predicted octanol–water partition coefficient (Wildman–Crippen LogP) is 16.9. The summed E-state index contributed by atoms with van der Waals surface area (Å²) in [5.74, 6) is 0.748. The molecular weight excluding hydrogens is 841 g/mol. The molecule has 332 valence electrons. The molecule has 8 aromatic carbocycles. The van der Waals surface area contributed by atoms with Crippen molar-refractivity contribution < 1.29 is 13.7 Å². The smallest absolute Gasteiger partial charge is 0.137 e. The summed E-state index contributed by atoms with van der Waals surface area (Å²) in [5.41, 5.74) is 12.0. The number of para-hydroxylation sites is 5. The normalized spacial score (nSPS) is 14.7. The van der Waals surface area contributed by atoms with E-state index < -0.39 is 60.4 Å². The van der Waals surface area contributed by atoms with Crippen molar-refractivity contribution in [2.24, 2.45) is 0 Å². The second kappa shape index (κ2) is 17.2. The van der Waals surface area contributed by atoms with Crippen LogP contribution in [0, 0.1) is 0 Å². The Morgan fingerprint density at radius 3 is 1.81 bits per heavy atom. The van der Waals surface area contributed by atoms with E-state index in [0.29, 0.717) is 11.4 Å². The maximum atomic E-state index is 9.21. The van der Waals surface area contributed by atoms with Gasteiger partial charge in [-0.05, 0) is 107 Å². The largest absolute Gasteiger partial charge is 0.321 e. The second-order valence-electron chi connectivity index (χ2n) is 18.0. The number of rotatable bonds is 8. The zero-order valence-electron chi connectivity index (χ0n) is 48.1. The molecule has 10 aromatic rings. The summed E-state index contributed by atoms with van der Waals surface area (Å²) in [4.78, 5) is 18.1. The lowest BCUT2D eigenvalue weighted by Crippen LogP contribution is -2.25. The molecule has 0 aliphatic carbocycles. The number of hydrogen-bond donors (Lipinski definition) is 0. The lowest BCUT2D eigenvalue weighted by atomic mass is 9.86. The monoisotopic (exact) mass is 900 g/mol. The molecule has 12 rings (SSSR count). The molecule has 0 atom stereocenters. The van der Waals surface area contributed by atoms with Crippen LogP contribution in [-0.4, -0.2) is 16.6 Å². The van der Waals surface area contributed by atoms with Crippen molar-refractivity contribution >= 4 is 57.0 Å². The van der Waals surface area contributed by atoms with Crippen LogP contribution in [0.5, 0.6) is 0 Å². The highest BCUT2D eigenvalue weighted by atomic mass is 15.4. The highest BCUT2D eigenvalue weighted by molar-refractivity contribution is 6.03. The number of pyridine rings is 2. The SMILES string of the molecule is [2H]c1c([2H])c([2H])c(-c2cccc(-c3c([2H])c([2H])c([2H])c([2H])c3[2H])c2N2CN(c3cc(N(c4ccccc4)c4ccc5c(c4)N(c4ccccn4)c4ccccc4-c4cnccc4-5)cc(C(C)(C)C)c3)c3ccccc32)c([2H])c1[2H]. The van der Waals surface area contributed by atoms with Crippen LogP contribution >= 0.6 is 0 Å². The van der Waals surface area contributed by atoms with Crippen molar-refractivity contribution in [2.45, 2.75) is 26.2 Å². The van der Waals surface area contributed by atoms with Crippen molar-refractivity contribution in [3.8, 4) is 44.5 Å². The van der Waals surface area contributed by atoms with Crippen molar-refractivity contribution in [1.82, 2.24) is 9.97 Å². The molecule has 0 N–H and O–H groups in total. The van der Waals surface area contributed by atoms with E-state index in [0.717, 1.165) is 73.4 Å². The first kappa shape index (κ1) is 32.0. The van der Waals surface area contributed by atoms with Crippen molar-refractivity contribution in [3.63, 3.8) is 0 Å². The lowest BCUT2D eigenvalue weighted by Gasteiger charge is -2.32. The minimum absolute atomic E-state index is 0.0901. The Hall–Kier alpha value is -8.74. The van der Waals surface area contributed by atoms with Gasteiger partial charge in [0.25, 0.3) is 0 Å². The van der Waals surface area contributed by atoms with Gasteiger partial charge in [0.2, 0.25) is 0 Å². The molecule has 0 fully saturated rings. The van der Waals surface area contributed by atoms with Crippen molar-refractivity contribution in [1.29, 1.82) is 0 Å². The van der Waals surface area contributed by atoms with Crippen LogP contribution in [0.4, 0.5) is 57.0 Å². The summed E-state index contributed by atoms with van der Waals surface area (Å²) in [6.45, 7) is 6.62. The first-order valence-corrected chi connectivity index (χ1v) is 22.8. The highest BCUT2D eigenvalue weighted by Gasteiger charge is 2.33. The predicted molar refractivity (Wildman–Crippen MR) is 287 cm³/mol. The van der Waals surface area contributed by atoms with E-state index in [4.69, 9.17) is 13.2 Å². The fraction of sp³-hybridized carbons (Fsp3) is 0.0794. The van der Waals surface area contributed by atoms with Crippen LogP contribution in [-0.2, 0) is 5.41 Å². The Morgan fingerprint density at radius 1 is 0.478 bits per heavy atom. The van der Waals surface area contributed by atoms with E-state index in [9.17, 15) is 5.48 Å². The molecular formula is C63H50N6. The van der Waals surface area contributed by atoms with E-state index in [2.05, 4.69) is 107 Å². The second-order valence-corrected chi connectivity index (χ2v) is 18.0. The standard InChI is InChI=1S/C63H50N6/c1-63(2,3)46-38-49(66-43-67(59-31-16-15-30-58(59)66)62-51(44-20-7-4-8-21-44)27-19-28-52(62)45-22-9-5-10-23-45)40-50(39-46)68(47-24-11-6-12-25-47)48-33-34-55-53-35-37-64-42-56(53)54-26-13-14-29-57(54)69(60(55)41-48)61-32-17-18-36-65-61/h4-42H,43H2,1-3H3/i4D,5D,7D,8D,9D,10D,20D,21D,22D,23D. The first-order valence-electron chi connectivity index (χ1n) is 27.8. The molecule has 2 aliphatic rings. The quantitative estimate of drug-likeness (QED) is 0.151. The summed E-state index contributed by atoms with van der Waals surface area (Å²) >= 11 is 0. The minimum atomic E-state index is -0.552. The van der Waals surface area contributed by atoms with Gasteiger partial charge in [0.05, 0.1) is 42.1 Å². The maximum Gasteiger partial charge on any atom is 0.137 e. The number of fused-ring (bicyclic) bond motifs is 6. The lowest BCUT2D eigenvalue weighted by molar-refractivity contribution is 0.590. The molecule has 0 spiro atoms. The van der Waals surface area contributed by atoms with E-state index in [1.165, 1.54) is 0 Å². The topological polar surface area (TPSA) is 38.7 Å². The fourth-order valence-corrected chi connectivity index (χ4v) is 9.65. The fourth-order valence-electron chi connectivity index (χ4n) is 9.65. The molecule has 69 heavy (non-hydrogen) atoms. The van der Waals surface area contributed by atoms with Crippen LogP contribution in [0.15, 0.2) is 237 Å². The molecule has 0 saturated heterocycles. The Balaban J connectivity index is 1.08. The molecule has 4 heterocycles. The molecule has 6 heteroatoms. The van der Waals surface area contributed by atoms with Crippen molar-refractivity contribution in [2.75, 3.05) is 26.3 Å². The van der Waals surface area contributed by atoms with Gasteiger partial charge in [0.1, 0.15) is 12.5 Å². The Kier molecular flexibility index (Phi) is 7.97. The van der Waals surface area contributed by atoms with Gasteiger partial charge in [0, 0.05) is 69.2 Å². The summed E-state index contributed by atoms with van der Waals surface area (Å²) < 4.78 is 88.7. The molecule has 0 radical (unpaired) electrons. The zero-order valence-corrected chi connectivity index (χ0v) is 38.1. The summed E-state index contributed by atoms with van der Waals surface area (Å²) in [5, 5.41) is 0. The number of anilines is 10. The van der Waals surface area contributed by atoms with E-state index in [-0.39, 0.29) is 34.3 Å². The third-order valence-electron chi connectivity index (χ3n) is 12.8.